The van der Waals surface area contributed by atoms with Crippen LogP contribution in [0.2, 0.25) is 0 Å². The third kappa shape index (κ3) is 3.19. The maximum Gasteiger partial charge on any atom is 0.285 e. The normalized spacial score (nSPS) is 10.2. The summed E-state index contributed by atoms with van der Waals surface area (Å²) in [7, 11) is 0. The van der Waals surface area contributed by atoms with Crippen LogP contribution in [0.25, 0.3) is 0 Å². The lowest BCUT2D eigenvalue weighted by molar-refractivity contribution is -0.385. The molecule has 0 atom stereocenters. The van der Waals surface area contributed by atoms with E-state index in [0.29, 0.717) is 16.6 Å². The molecule has 6 nitrogen and oxygen atoms in total. The van der Waals surface area contributed by atoms with Crippen molar-refractivity contribution in [3.8, 4) is 0 Å². The highest BCUT2D eigenvalue weighted by Gasteiger charge is 2.24. The van der Waals surface area contributed by atoms with Crippen LogP contribution >= 0.6 is 15.9 Å². The molecule has 1 aromatic heterocycles. The average Bonchev–Trinajstić information content (AvgIpc) is 2.43. The summed E-state index contributed by atoms with van der Waals surface area (Å²) in [4.78, 5) is 25.7. The Morgan fingerprint density at radius 2 is 2.00 bits per heavy atom. The second-order valence-corrected chi connectivity index (χ2v) is 4.70. The molecule has 0 spiro atoms. The lowest BCUT2D eigenvalue weighted by atomic mass is 10.1. The number of hydrogen-bond donors (Lipinski definition) is 1. The number of hydrogen-bond acceptors (Lipinski definition) is 4. The van der Waals surface area contributed by atoms with E-state index in [-0.39, 0.29) is 5.69 Å². The first kappa shape index (κ1) is 15.0. The van der Waals surface area contributed by atoms with Gasteiger partial charge < -0.3 is 5.32 Å². The van der Waals surface area contributed by atoms with E-state index in [1.165, 1.54) is 18.5 Å². The van der Waals surface area contributed by atoms with Crippen molar-refractivity contribution in [3.05, 3.63) is 62.4 Å². The number of pyridine rings is 1. The van der Waals surface area contributed by atoms with Gasteiger partial charge in [-0.25, -0.2) is 8.78 Å². The van der Waals surface area contributed by atoms with E-state index in [1.54, 1.807) is 0 Å². The van der Waals surface area contributed by atoms with Crippen molar-refractivity contribution in [3.63, 3.8) is 0 Å². The molecule has 0 fully saturated rings. The summed E-state index contributed by atoms with van der Waals surface area (Å²) >= 11 is 3.13. The molecule has 0 radical (unpaired) electrons. The first-order valence-electron chi connectivity index (χ1n) is 5.44. The predicted molar refractivity (Wildman–Crippen MR) is 72.9 cm³/mol. The highest BCUT2D eigenvalue weighted by molar-refractivity contribution is 9.10. The number of nitrogens with one attached hydrogen (secondary N) is 1. The highest BCUT2D eigenvalue weighted by Crippen LogP contribution is 2.25. The van der Waals surface area contributed by atoms with Crippen LogP contribution in [0.4, 0.5) is 20.2 Å². The summed E-state index contributed by atoms with van der Waals surface area (Å²) < 4.78 is 26.7. The zero-order valence-electron chi connectivity index (χ0n) is 10.1. The molecule has 0 aliphatic rings. The van der Waals surface area contributed by atoms with Gasteiger partial charge in [0.05, 0.1) is 21.1 Å². The van der Waals surface area contributed by atoms with Crippen molar-refractivity contribution in [2.24, 2.45) is 0 Å². The van der Waals surface area contributed by atoms with Crippen molar-refractivity contribution in [2.75, 3.05) is 5.32 Å². The van der Waals surface area contributed by atoms with E-state index in [4.69, 9.17) is 0 Å². The van der Waals surface area contributed by atoms with Gasteiger partial charge in [-0.15, -0.1) is 0 Å². The van der Waals surface area contributed by atoms with Crippen molar-refractivity contribution < 1.29 is 18.5 Å². The SMILES string of the molecule is O=C(Nc1ccncc1Br)c1cc(F)c(F)cc1[N+](=O)[O-]. The molecular weight excluding hydrogens is 352 g/mol. The van der Waals surface area contributed by atoms with Gasteiger partial charge in [0.15, 0.2) is 11.6 Å². The zero-order valence-corrected chi connectivity index (χ0v) is 11.7. The maximum atomic E-state index is 13.2. The third-order valence-electron chi connectivity index (χ3n) is 2.50. The number of aromatic nitrogens is 1. The smallest absolute Gasteiger partial charge is 0.285 e. The number of nitrogens with zero attached hydrogens (tertiary/aromatic N) is 2. The second kappa shape index (κ2) is 5.92. The molecule has 1 amide bonds. The van der Waals surface area contributed by atoms with Crippen LogP contribution in [-0.2, 0) is 0 Å². The fraction of sp³-hybridized carbons (Fsp3) is 0. The molecule has 1 N–H and O–H groups in total. The summed E-state index contributed by atoms with van der Waals surface area (Å²) in [5.74, 6) is -3.68. The van der Waals surface area contributed by atoms with Crippen LogP contribution in [0.3, 0.4) is 0 Å². The number of anilines is 1. The molecule has 1 heterocycles. The fourth-order valence-electron chi connectivity index (χ4n) is 1.54. The van der Waals surface area contributed by atoms with E-state index < -0.39 is 33.7 Å². The van der Waals surface area contributed by atoms with Gasteiger partial charge in [-0.3, -0.25) is 19.9 Å². The molecule has 0 aliphatic carbocycles. The van der Waals surface area contributed by atoms with Gasteiger partial charge in [-0.2, -0.15) is 0 Å². The number of halogens is 3. The van der Waals surface area contributed by atoms with Gasteiger partial charge in [0.25, 0.3) is 11.6 Å². The minimum Gasteiger partial charge on any atom is -0.321 e. The Bertz CT molecular complexity index is 740. The molecule has 1 aromatic carbocycles. The topological polar surface area (TPSA) is 85.1 Å². The van der Waals surface area contributed by atoms with E-state index in [9.17, 15) is 23.7 Å². The molecule has 0 saturated heterocycles. The Morgan fingerprint density at radius 3 is 2.62 bits per heavy atom. The number of nitro groups is 1. The largest absolute Gasteiger partial charge is 0.321 e. The first-order valence-corrected chi connectivity index (χ1v) is 6.23. The fourth-order valence-corrected chi connectivity index (χ4v) is 1.88. The molecule has 2 aromatic rings. The summed E-state index contributed by atoms with van der Waals surface area (Å²) in [6.45, 7) is 0. The van der Waals surface area contributed by atoms with Crippen molar-refractivity contribution in [1.82, 2.24) is 4.98 Å². The number of benzene rings is 1. The van der Waals surface area contributed by atoms with E-state index in [2.05, 4.69) is 26.2 Å². The van der Waals surface area contributed by atoms with Gasteiger partial charge in [-0.05, 0) is 28.1 Å². The van der Waals surface area contributed by atoms with Crippen molar-refractivity contribution >= 4 is 33.2 Å². The molecule has 21 heavy (non-hydrogen) atoms. The summed E-state index contributed by atoms with van der Waals surface area (Å²) in [6.07, 6.45) is 2.79. The lowest BCUT2D eigenvalue weighted by Crippen LogP contribution is -2.15. The van der Waals surface area contributed by atoms with Crippen LogP contribution < -0.4 is 5.32 Å². The van der Waals surface area contributed by atoms with Crippen LogP contribution in [0.5, 0.6) is 0 Å². The Labute approximate surface area is 125 Å². The third-order valence-corrected chi connectivity index (χ3v) is 3.13. The molecule has 0 unspecified atom stereocenters. The van der Waals surface area contributed by atoms with Gasteiger partial charge in [-0.1, -0.05) is 0 Å². The van der Waals surface area contributed by atoms with Gasteiger partial charge in [0.2, 0.25) is 0 Å². The van der Waals surface area contributed by atoms with Crippen molar-refractivity contribution in [1.29, 1.82) is 0 Å². The van der Waals surface area contributed by atoms with E-state index in [1.807, 2.05) is 0 Å². The summed E-state index contributed by atoms with van der Waals surface area (Å²) in [5, 5.41) is 13.2. The molecule has 2 rings (SSSR count). The minimum absolute atomic E-state index is 0.286. The number of carbonyl (C=O) groups excluding carboxylic acids is 1. The van der Waals surface area contributed by atoms with E-state index in [0.717, 1.165) is 0 Å². The molecule has 9 heteroatoms. The van der Waals surface area contributed by atoms with Gasteiger partial charge in [0, 0.05) is 12.4 Å². The molecule has 0 saturated carbocycles. The zero-order chi connectivity index (χ0) is 15.6. The van der Waals surface area contributed by atoms with E-state index >= 15 is 0 Å². The Hall–Kier alpha value is -2.42. The summed E-state index contributed by atoms with van der Waals surface area (Å²) in [6, 6.07) is 2.29. The predicted octanol–water partition coefficient (Wildman–Crippen LogP) is 3.28. The quantitative estimate of drug-likeness (QED) is 0.674. The Kier molecular flexibility index (Phi) is 4.22. The van der Waals surface area contributed by atoms with Crippen LogP contribution in [0.15, 0.2) is 35.1 Å². The highest BCUT2D eigenvalue weighted by atomic mass is 79.9. The number of rotatable bonds is 3. The standard InChI is InChI=1S/C12H6BrF2N3O3/c13-7-5-16-2-1-10(7)17-12(19)6-3-8(14)9(15)4-11(6)18(20)21/h1-5H,(H,16,17,19). The number of amides is 1. The molecule has 0 aliphatic heterocycles. The molecule has 0 bridgehead atoms. The second-order valence-electron chi connectivity index (χ2n) is 3.85. The monoisotopic (exact) mass is 357 g/mol. The Balaban J connectivity index is 2.42. The minimum atomic E-state index is -1.40. The van der Waals surface area contributed by atoms with Crippen molar-refractivity contribution in [2.45, 2.75) is 0 Å². The first-order chi connectivity index (χ1) is 9.90. The Morgan fingerprint density at radius 1 is 1.33 bits per heavy atom. The maximum absolute atomic E-state index is 13.2. The summed E-state index contributed by atoms with van der Waals surface area (Å²) in [5.41, 5.74) is -1.12. The van der Waals surface area contributed by atoms with Crippen LogP contribution in [-0.4, -0.2) is 15.8 Å². The van der Waals surface area contributed by atoms with Gasteiger partial charge in [0.1, 0.15) is 5.56 Å². The number of carbonyl (C=O) groups is 1. The molecular formula is C12H6BrF2N3O3. The average molecular weight is 358 g/mol. The molecule has 108 valence electrons. The lowest BCUT2D eigenvalue weighted by Gasteiger charge is -2.07. The van der Waals surface area contributed by atoms with Crippen LogP contribution in [0.1, 0.15) is 10.4 Å². The number of nitro benzene ring substituents is 1. The van der Waals surface area contributed by atoms with Crippen LogP contribution in [0, 0.1) is 21.7 Å². The van der Waals surface area contributed by atoms with Gasteiger partial charge >= 0.3 is 0 Å².